The number of hydrogen-bond donors (Lipinski definition) is 0. The highest BCUT2D eigenvalue weighted by Gasteiger charge is 2.35. The zero-order valence-corrected chi connectivity index (χ0v) is 16.2. The molecule has 3 aromatic carbocycles. The molecule has 0 saturated carbocycles. The Labute approximate surface area is 161 Å². The predicted octanol–water partition coefficient (Wildman–Crippen LogP) is 6.95. The molecule has 4 rings (SSSR count). The van der Waals surface area contributed by atoms with Crippen molar-refractivity contribution in [2.45, 2.75) is 19.3 Å². The third-order valence-electron chi connectivity index (χ3n) is 5.00. The average Bonchev–Trinajstić information content (AvgIpc) is 2.81. The quantitative estimate of drug-likeness (QED) is 0.427. The van der Waals surface area contributed by atoms with Crippen LogP contribution < -0.4 is 0 Å². The van der Waals surface area contributed by atoms with Gasteiger partial charge in [0.2, 0.25) is 0 Å². The van der Waals surface area contributed by atoms with E-state index in [0.29, 0.717) is 10.6 Å². The Morgan fingerprint density at radius 2 is 1.56 bits per heavy atom. The molecular formula is C22H15BrClN. The van der Waals surface area contributed by atoms with Gasteiger partial charge in [-0.3, -0.25) is 0 Å². The molecule has 1 aliphatic rings. The summed E-state index contributed by atoms with van der Waals surface area (Å²) in [5.41, 5.74) is 7.77. The van der Waals surface area contributed by atoms with E-state index in [-0.39, 0.29) is 5.41 Å². The largest absolute Gasteiger partial charge is 0.192 e. The Hall–Kier alpha value is -2.08. The number of rotatable bonds is 1. The molecule has 0 bridgehead atoms. The van der Waals surface area contributed by atoms with Crippen LogP contribution in [0.25, 0.3) is 22.3 Å². The molecule has 1 nitrogen and oxygen atoms in total. The Bertz CT molecular complexity index is 1040. The minimum Gasteiger partial charge on any atom is -0.192 e. The van der Waals surface area contributed by atoms with Crippen molar-refractivity contribution in [3.05, 3.63) is 80.8 Å². The van der Waals surface area contributed by atoms with Crippen molar-refractivity contribution < 1.29 is 0 Å². The number of benzene rings is 3. The van der Waals surface area contributed by atoms with Gasteiger partial charge in [-0.15, -0.1) is 0 Å². The highest BCUT2D eigenvalue weighted by atomic mass is 79.9. The van der Waals surface area contributed by atoms with Gasteiger partial charge >= 0.3 is 0 Å². The first kappa shape index (κ1) is 16.4. The summed E-state index contributed by atoms with van der Waals surface area (Å²) in [7, 11) is 0. The van der Waals surface area contributed by atoms with E-state index in [0.717, 1.165) is 15.6 Å². The monoisotopic (exact) mass is 407 g/mol. The molecule has 0 unspecified atom stereocenters. The van der Waals surface area contributed by atoms with Crippen LogP contribution in [-0.4, -0.2) is 0 Å². The normalized spacial score (nSPS) is 13.9. The van der Waals surface area contributed by atoms with Crippen LogP contribution in [0.5, 0.6) is 0 Å². The lowest BCUT2D eigenvalue weighted by molar-refractivity contribution is 0.660. The van der Waals surface area contributed by atoms with Crippen LogP contribution in [0.4, 0.5) is 0 Å². The Morgan fingerprint density at radius 3 is 2.24 bits per heavy atom. The van der Waals surface area contributed by atoms with Gasteiger partial charge in [-0.2, -0.15) is 5.26 Å². The third kappa shape index (κ3) is 2.59. The topological polar surface area (TPSA) is 23.8 Å². The Kier molecular flexibility index (Phi) is 3.76. The zero-order chi connectivity index (χ0) is 17.8. The molecule has 0 atom stereocenters. The summed E-state index contributed by atoms with van der Waals surface area (Å²) in [5.74, 6) is 0. The van der Waals surface area contributed by atoms with Crippen LogP contribution in [0.3, 0.4) is 0 Å². The van der Waals surface area contributed by atoms with Crippen molar-refractivity contribution in [2.75, 3.05) is 0 Å². The Morgan fingerprint density at radius 1 is 0.880 bits per heavy atom. The maximum absolute atomic E-state index is 9.23. The average molecular weight is 409 g/mol. The zero-order valence-electron chi connectivity index (χ0n) is 13.9. The molecule has 122 valence electrons. The summed E-state index contributed by atoms with van der Waals surface area (Å²) in [4.78, 5) is 0. The molecule has 25 heavy (non-hydrogen) atoms. The van der Waals surface area contributed by atoms with Gasteiger partial charge in [-0.25, -0.2) is 0 Å². The van der Waals surface area contributed by atoms with E-state index in [9.17, 15) is 5.26 Å². The van der Waals surface area contributed by atoms with E-state index in [1.54, 1.807) is 0 Å². The van der Waals surface area contributed by atoms with Gasteiger partial charge < -0.3 is 0 Å². The fourth-order valence-electron chi connectivity index (χ4n) is 3.71. The van der Waals surface area contributed by atoms with E-state index >= 15 is 0 Å². The molecule has 3 aromatic rings. The number of nitrogens with zero attached hydrogens (tertiary/aromatic N) is 1. The molecule has 0 heterocycles. The first-order chi connectivity index (χ1) is 11.9. The van der Waals surface area contributed by atoms with Gasteiger partial charge in [0, 0.05) is 14.9 Å². The standard InChI is InChI=1S/C22H15BrClN/c1-22(2)20-7-13(12-25)3-5-18(20)19-6-4-14(10-21(19)22)15-8-16(23)11-17(24)9-15/h3-11H,1-2H3. The molecule has 0 amide bonds. The van der Waals surface area contributed by atoms with Crippen LogP contribution in [0.2, 0.25) is 5.02 Å². The van der Waals surface area contributed by atoms with Gasteiger partial charge in [-0.05, 0) is 69.8 Å². The van der Waals surface area contributed by atoms with Crippen molar-refractivity contribution in [1.82, 2.24) is 0 Å². The van der Waals surface area contributed by atoms with E-state index in [1.807, 2.05) is 24.3 Å². The fraction of sp³-hybridized carbons (Fsp3) is 0.136. The lowest BCUT2D eigenvalue weighted by Crippen LogP contribution is -2.15. The number of fused-ring (bicyclic) bond motifs is 3. The molecule has 0 N–H and O–H groups in total. The van der Waals surface area contributed by atoms with Crippen molar-refractivity contribution in [1.29, 1.82) is 5.26 Å². The summed E-state index contributed by atoms with van der Waals surface area (Å²) in [5, 5.41) is 9.95. The summed E-state index contributed by atoms with van der Waals surface area (Å²) >= 11 is 9.74. The highest BCUT2D eigenvalue weighted by molar-refractivity contribution is 9.10. The summed E-state index contributed by atoms with van der Waals surface area (Å²) in [6, 6.07) is 20.8. The van der Waals surface area contributed by atoms with E-state index in [1.165, 1.54) is 22.3 Å². The molecule has 0 fully saturated rings. The molecule has 1 aliphatic carbocycles. The maximum atomic E-state index is 9.23. The van der Waals surface area contributed by atoms with Crippen molar-refractivity contribution in [2.24, 2.45) is 0 Å². The summed E-state index contributed by atoms with van der Waals surface area (Å²) < 4.78 is 0.969. The highest BCUT2D eigenvalue weighted by Crippen LogP contribution is 2.49. The SMILES string of the molecule is CC1(C)c2cc(C#N)ccc2-c2ccc(-c3cc(Cl)cc(Br)c3)cc21. The van der Waals surface area contributed by atoms with Crippen molar-refractivity contribution in [3.8, 4) is 28.3 Å². The lowest BCUT2D eigenvalue weighted by atomic mass is 9.81. The second kappa shape index (κ2) is 5.73. The molecular weight excluding hydrogens is 394 g/mol. The third-order valence-corrected chi connectivity index (χ3v) is 5.68. The second-order valence-corrected chi connectivity index (χ2v) is 8.27. The minimum atomic E-state index is -0.136. The number of hydrogen-bond acceptors (Lipinski definition) is 1. The summed E-state index contributed by atoms with van der Waals surface area (Å²) in [6.45, 7) is 4.44. The molecule has 0 saturated heterocycles. The molecule has 3 heteroatoms. The first-order valence-electron chi connectivity index (χ1n) is 8.06. The van der Waals surface area contributed by atoms with Crippen molar-refractivity contribution >= 4 is 27.5 Å². The van der Waals surface area contributed by atoms with E-state index in [2.05, 4.69) is 66.2 Å². The number of halogens is 2. The van der Waals surface area contributed by atoms with Gasteiger partial charge in [0.1, 0.15) is 0 Å². The molecule has 0 spiro atoms. The molecule has 0 aromatic heterocycles. The Balaban J connectivity index is 1.91. The van der Waals surface area contributed by atoms with Crippen LogP contribution in [0, 0.1) is 11.3 Å². The van der Waals surface area contributed by atoms with Crippen LogP contribution in [0.15, 0.2) is 59.1 Å². The van der Waals surface area contributed by atoms with Crippen LogP contribution >= 0.6 is 27.5 Å². The van der Waals surface area contributed by atoms with Gasteiger partial charge in [-0.1, -0.05) is 59.6 Å². The molecule has 0 radical (unpaired) electrons. The number of nitriles is 1. The molecule has 0 aliphatic heterocycles. The maximum Gasteiger partial charge on any atom is 0.0991 e. The van der Waals surface area contributed by atoms with E-state index < -0.39 is 0 Å². The summed E-state index contributed by atoms with van der Waals surface area (Å²) in [6.07, 6.45) is 0. The first-order valence-corrected chi connectivity index (χ1v) is 9.23. The van der Waals surface area contributed by atoms with Gasteiger partial charge in [0.15, 0.2) is 0 Å². The van der Waals surface area contributed by atoms with Gasteiger partial charge in [0.25, 0.3) is 0 Å². The van der Waals surface area contributed by atoms with E-state index in [4.69, 9.17) is 11.6 Å². The second-order valence-electron chi connectivity index (χ2n) is 6.92. The van der Waals surface area contributed by atoms with Crippen LogP contribution in [0.1, 0.15) is 30.5 Å². The van der Waals surface area contributed by atoms with Crippen LogP contribution in [-0.2, 0) is 5.41 Å². The van der Waals surface area contributed by atoms with Gasteiger partial charge in [0.05, 0.1) is 11.6 Å². The predicted molar refractivity (Wildman–Crippen MR) is 107 cm³/mol. The minimum absolute atomic E-state index is 0.136. The smallest absolute Gasteiger partial charge is 0.0991 e. The lowest BCUT2D eigenvalue weighted by Gasteiger charge is -2.22. The van der Waals surface area contributed by atoms with Crippen molar-refractivity contribution in [3.63, 3.8) is 0 Å². The fourth-order valence-corrected chi connectivity index (χ4v) is 4.57.